The van der Waals surface area contributed by atoms with E-state index >= 15 is 0 Å². The topological polar surface area (TPSA) is 84.9 Å². The van der Waals surface area contributed by atoms with E-state index in [0.29, 0.717) is 29.5 Å². The number of carbonyl (C=O) groups is 1. The number of ether oxygens (including phenoxy) is 2. The molecule has 0 atom stereocenters. The molecule has 1 N–H and O–H groups in total. The second kappa shape index (κ2) is 10.6. The third kappa shape index (κ3) is 5.58. The molecule has 0 spiro atoms. The minimum absolute atomic E-state index is 0.0335. The minimum Gasteiger partial charge on any atom is -0.497 e. The molecule has 3 rings (SSSR count). The first kappa shape index (κ1) is 24.4. The maximum Gasteiger partial charge on any atom is 0.264 e. The Labute approximate surface area is 198 Å². The van der Waals surface area contributed by atoms with Gasteiger partial charge in [-0.1, -0.05) is 30.7 Å². The lowest BCUT2D eigenvalue weighted by Crippen LogP contribution is -2.27. The van der Waals surface area contributed by atoms with Crippen LogP contribution in [0.2, 0.25) is 5.02 Å². The Morgan fingerprint density at radius 2 is 1.76 bits per heavy atom. The lowest BCUT2D eigenvalue weighted by molar-refractivity contribution is 0.102. The van der Waals surface area contributed by atoms with Crippen LogP contribution in [0, 0.1) is 0 Å². The van der Waals surface area contributed by atoms with Crippen LogP contribution in [0.3, 0.4) is 0 Å². The van der Waals surface area contributed by atoms with Crippen molar-refractivity contribution in [3.8, 4) is 11.5 Å². The molecule has 0 unspecified atom stereocenters. The second-order valence-electron chi connectivity index (χ2n) is 7.11. The second-order valence-corrected chi connectivity index (χ2v) is 9.49. The normalized spacial score (nSPS) is 11.0. The molecular weight excluding hydrogens is 464 g/mol. The maximum atomic E-state index is 13.2. The van der Waals surface area contributed by atoms with Crippen molar-refractivity contribution < 1.29 is 22.7 Å². The zero-order chi connectivity index (χ0) is 24.0. The molecule has 0 aliphatic carbocycles. The number of hydrogen-bond donors (Lipinski definition) is 1. The minimum atomic E-state index is -3.95. The smallest absolute Gasteiger partial charge is 0.264 e. The molecule has 3 aromatic rings. The van der Waals surface area contributed by atoms with Crippen LogP contribution in [-0.4, -0.2) is 35.1 Å². The van der Waals surface area contributed by atoms with Crippen LogP contribution in [0.15, 0.2) is 71.6 Å². The molecule has 33 heavy (non-hydrogen) atoms. The van der Waals surface area contributed by atoms with Gasteiger partial charge in [0.25, 0.3) is 15.9 Å². The quantitative estimate of drug-likeness (QED) is 0.446. The van der Waals surface area contributed by atoms with Gasteiger partial charge >= 0.3 is 0 Å². The summed E-state index contributed by atoms with van der Waals surface area (Å²) >= 11 is 6.25. The molecule has 174 valence electrons. The van der Waals surface area contributed by atoms with E-state index in [0.717, 1.165) is 10.7 Å². The predicted octanol–water partition coefficient (Wildman–Crippen LogP) is 5.21. The molecule has 0 aromatic heterocycles. The van der Waals surface area contributed by atoms with Crippen LogP contribution >= 0.6 is 11.6 Å². The van der Waals surface area contributed by atoms with Gasteiger partial charge in [0, 0.05) is 7.05 Å². The molecule has 1 amide bonds. The van der Waals surface area contributed by atoms with Crippen molar-refractivity contribution >= 4 is 38.9 Å². The van der Waals surface area contributed by atoms with E-state index < -0.39 is 15.9 Å². The summed E-state index contributed by atoms with van der Waals surface area (Å²) < 4.78 is 38.3. The summed E-state index contributed by atoms with van der Waals surface area (Å²) in [5, 5.41) is 2.89. The number of nitrogens with zero attached hydrogens (tertiary/aromatic N) is 1. The first-order valence-corrected chi connectivity index (χ1v) is 12.1. The van der Waals surface area contributed by atoms with Gasteiger partial charge in [-0.05, 0) is 61.0 Å². The highest BCUT2D eigenvalue weighted by Crippen LogP contribution is 2.29. The van der Waals surface area contributed by atoms with Crippen LogP contribution in [0.4, 0.5) is 11.4 Å². The van der Waals surface area contributed by atoms with E-state index in [4.69, 9.17) is 21.1 Å². The van der Waals surface area contributed by atoms with E-state index in [-0.39, 0.29) is 15.5 Å². The maximum absolute atomic E-state index is 13.2. The molecule has 0 saturated heterocycles. The lowest BCUT2D eigenvalue weighted by atomic mass is 10.2. The van der Waals surface area contributed by atoms with E-state index in [1.54, 1.807) is 48.5 Å². The number of methoxy groups -OCH3 is 1. The van der Waals surface area contributed by atoms with Crippen molar-refractivity contribution in [2.75, 3.05) is 30.4 Å². The highest BCUT2D eigenvalue weighted by molar-refractivity contribution is 7.92. The summed E-state index contributed by atoms with van der Waals surface area (Å²) in [6, 6.07) is 17.6. The summed E-state index contributed by atoms with van der Waals surface area (Å²) in [4.78, 5) is 12.9. The van der Waals surface area contributed by atoms with Gasteiger partial charge in [0.15, 0.2) is 0 Å². The van der Waals surface area contributed by atoms with Gasteiger partial charge in [-0.2, -0.15) is 0 Å². The number of rotatable bonds is 9. The fraction of sp³-hybridized carbons (Fsp3) is 0.208. The number of anilines is 2. The van der Waals surface area contributed by atoms with Gasteiger partial charge in [0.05, 0.1) is 40.6 Å². The van der Waals surface area contributed by atoms with Crippen molar-refractivity contribution in [1.82, 2.24) is 0 Å². The van der Waals surface area contributed by atoms with E-state index in [2.05, 4.69) is 5.32 Å². The SMILES string of the molecule is CCCOc1ccccc1NC(=O)c1cc(S(=O)(=O)N(C)c2ccc(OC)cc2)ccc1Cl. The highest BCUT2D eigenvalue weighted by Gasteiger charge is 2.24. The van der Waals surface area contributed by atoms with Crippen LogP contribution in [0.1, 0.15) is 23.7 Å². The Hall–Kier alpha value is -3.23. The van der Waals surface area contributed by atoms with Crippen LogP contribution in [0.25, 0.3) is 0 Å². The zero-order valence-corrected chi connectivity index (χ0v) is 20.1. The Kier molecular flexibility index (Phi) is 7.84. The molecule has 0 saturated carbocycles. The van der Waals surface area contributed by atoms with Crippen molar-refractivity contribution in [3.05, 3.63) is 77.3 Å². The number of hydrogen-bond acceptors (Lipinski definition) is 5. The van der Waals surface area contributed by atoms with Gasteiger partial charge < -0.3 is 14.8 Å². The average molecular weight is 489 g/mol. The van der Waals surface area contributed by atoms with Crippen LogP contribution < -0.4 is 19.1 Å². The lowest BCUT2D eigenvalue weighted by Gasteiger charge is -2.20. The number of nitrogens with one attached hydrogen (secondary N) is 1. The van der Waals surface area contributed by atoms with Crippen molar-refractivity contribution in [2.45, 2.75) is 18.2 Å². The van der Waals surface area contributed by atoms with Gasteiger partial charge in [-0.3, -0.25) is 9.10 Å². The van der Waals surface area contributed by atoms with Crippen LogP contribution in [0.5, 0.6) is 11.5 Å². The number of benzene rings is 3. The standard InChI is InChI=1S/C24H25ClN2O5S/c1-4-15-32-23-8-6-5-7-22(23)26-24(28)20-16-19(13-14-21(20)25)33(29,30)27(2)17-9-11-18(31-3)12-10-17/h5-14,16H,4,15H2,1-3H3,(H,26,28). The first-order chi connectivity index (χ1) is 15.8. The number of para-hydroxylation sites is 2. The molecule has 3 aromatic carbocycles. The Morgan fingerprint density at radius 1 is 1.06 bits per heavy atom. The molecule has 0 radical (unpaired) electrons. The molecule has 7 nitrogen and oxygen atoms in total. The number of sulfonamides is 1. The van der Waals surface area contributed by atoms with Gasteiger partial charge in [0.1, 0.15) is 11.5 Å². The first-order valence-electron chi connectivity index (χ1n) is 10.2. The molecule has 0 heterocycles. The third-order valence-electron chi connectivity index (χ3n) is 4.87. The van der Waals surface area contributed by atoms with Crippen molar-refractivity contribution in [1.29, 1.82) is 0 Å². The molecular formula is C24H25ClN2O5S. The molecule has 0 aliphatic heterocycles. The number of carbonyl (C=O) groups excluding carboxylic acids is 1. The Morgan fingerprint density at radius 3 is 2.42 bits per heavy atom. The number of halogens is 1. The Balaban J connectivity index is 1.89. The Bertz CT molecular complexity index is 1230. The van der Waals surface area contributed by atoms with Gasteiger partial charge in [-0.25, -0.2) is 8.42 Å². The monoisotopic (exact) mass is 488 g/mol. The molecule has 0 aliphatic rings. The fourth-order valence-electron chi connectivity index (χ4n) is 3.03. The summed E-state index contributed by atoms with van der Waals surface area (Å²) in [5.74, 6) is 0.585. The molecule has 0 bridgehead atoms. The zero-order valence-electron chi connectivity index (χ0n) is 18.5. The van der Waals surface area contributed by atoms with E-state index in [9.17, 15) is 13.2 Å². The third-order valence-corrected chi connectivity index (χ3v) is 6.98. The highest BCUT2D eigenvalue weighted by atomic mass is 35.5. The average Bonchev–Trinajstić information content (AvgIpc) is 2.83. The van der Waals surface area contributed by atoms with Gasteiger partial charge in [-0.15, -0.1) is 0 Å². The fourth-order valence-corrected chi connectivity index (χ4v) is 4.45. The summed E-state index contributed by atoms with van der Waals surface area (Å²) in [5.41, 5.74) is 0.945. The summed E-state index contributed by atoms with van der Waals surface area (Å²) in [7, 11) is -0.979. The summed E-state index contributed by atoms with van der Waals surface area (Å²) in [6.45, 7) is 2.48. The van der Waals surface area contributed by atoms with E-state index in [1.807, 2.05) is 6.92 Å². The number of amides is 1. The van der Waals surface area contributed by atoms with Crippen LogP contribution in [-0.2, 0) is 10.0 Å². The van der Waals surface area contributed by atoms with Crippen molar-refractivity contribution in [3.63, 3.8) is 0 Å². The van der Waals surface area contributed by atoms with E-state index in [1.165, 1.54) is 32.4 Å². The summed E-state index contributed by atoms with van der Waals surface area (Å²) in [6.07, 6.45) is 0.815. The molecule has 9 heteroatoms. The predicted molar refractivity (Wildman–Crippen MR) is 130 cm³/mol. The molecule has 0 fully saturated rings. The van der Waals surface area contributed by atoms with Crippen molar-refractivity contribution in [2.24, 2.45) is 0 Å². The van der Waals surface area contributed by atoms with Gasteiger partial charge in [0.2, 0.25) is 0 Å². The largest absolute Gasteiger partial charge is 0.497 e.